The summed E-state index contributed by atoms with van der Waals surface area (Å²) < 4.78 is 2.19. The molecule has 0 saturated heterocycles. The van der Waals surface area contributed by atoms with Gasteiger partial charge >= 0.3 is 0 Å². The third-order valence-corrected chi connectivity index (χ3v) is 3.49. The number of imidazole rings is 1. The minimum atomic E-state index is -0.420. The number of nitriles is 1. The molecule has 5 nitrogen and oxygen atoms in total. The number of aromatic amines is 1. The van der Waals surface area contributed by atoms with Crippen molar-refractivity contribution in [2.75, 3.05) is 6.54 Å². The number of carbonyl (C=O) groups excluding carboxylic acids is 1. The molecule has 0 fully saturated rings. The molecule has 1 aromatic carbocycles. The normalized spacial score (nSPS) is 12.1. The lowest BCUT2D eigenvalue weighted by atomic mass is 10.2. The maximum absolute atomic E-state index is 12.1. The van der Waals surface area contributed by atoms with Gasteiger partial charge in [0.05, 0.1) is 16.6 Å². The van der Waals surface area contributed by atoms with Gasteiger partial charge in [-0.1, -0.05) is 13.0 Å². The van der Waals surface area contributed by atoms with Crippen LogP contribution in [-0.2, 0) is 4.79 Å². The van der Waals surface area contributed by atoms with Crippen LogP contribution in [0.15, 0.2) is 18.2 Å². The van der Waals surface area contributed by atoms with E-state index in [0.29, 0.717) is 22.4 Å². The van der Waals surface area contributed by atoms with Crippen molar-refractivity contribution in [1.29, 1.82) is 5.26 Å². The number of carbonyl (C=O) groups is 1. The Morgan fingerprint density at radius 1 is 1.60 bits per heavy atom. The Kier molecular flexibility index (Phi) is 4.20. The third-order valence-electron chi connectivity index (χ3n) is 3.19. The van der Waals surface area contributed by atoms with Gasteiger partial charge in [0, 0.05) is 6.54 Å². The Hall–Kier alpha value is -2.13. The fraction of sp³-hybridized carbons (Fsp3) is 0.357. The average molecular weight is 288 g/mol. The van der Waals surface area contributed by atoms with E-state index < -0.39 is 6.04 Å². The highest BCUT2D eigenvalue weighted by Crippen LogP contribution is 2.21. The fourth-order valence-electron chi connectivity index (χ4n) is 2.14. The van der Waals surface area contributed by atoms with Gasteiger partial charge in [-0.2, -0.15) is 5.26 Å². The van der Waals surface area contributed by atoms with Gasteiger partial charge in [0.15, 0.2) is 4.77 Å². The van der Waals surface area contributed by atoms with Gasteiger partial charge in [0.2, 0.25) is 5.91 Å². The summed E-state index contributed by atoms with van der Waals surface area (Å²) in [7, 11) is 0. The summed E-state index contributed by atoms with van der Waals surface area (Å²) in [5.41, 5.74) is 1.97. The number of aromatic nitrogens is 2. The van der Waals surface area contributed by atoms with Crippen LogP contribution in [0.4, 0.5) is 0 Å². The zero-order chi connectivity index (χ0) is 14.7. The average Bonchev–Trinajstić information content (AvgIpc) is 2.79. The van der Waals surface area contributed by atoms with Crippen molar-refractivity contribution in [3.63, 3.8) is 0 Å². The van der Waals surface area contributed by atoms with Gasteiger partial charge < -0.3 is 14.9 Å². The summed E-state index contributed by atoms with van der Waals surface area (Å²) in [5, 5.41) is 12.0. The molecule has 20 heavy (non-hydrogen) atoms. The molecule has 0 bridgehead atoms. The van der Waals surface area contributed by atoms with Crippen LogP contribution in [0, 0.1) is 16.1 Å². The SMILES string of the molecule is CCCNC(=O)C(C)n1c(=S)[nH]c2c(C#N)cccc21. The molecule has 1 aromatic heterocycles. The molecule has 0 radical (unpaired) electrons. The first kappa shape index (κ1) is 14.3. The maximum atomic E-state index is 12.1. The first-order valence-electron chi connectivity index (χ1n) is 6.51. The zero-order valence-electron chi connectivity index (χ0n) is 11.4. The first-order chi connectivity index (χ1) is 9.60. The number of rotatable bonds is 4. The van der Waals surface area contributed by atoms with Crippen molar-refractivity contribution in [3.8, 4) is 6.07 Å². The Labute approximate surface area is 122 Å². The van der Waals surface area contributed by atoms with E-state index >= 15 is 0 Å². The van der Waals surface area contributed by atoms with E-state index in [2.05, 4.69) is 16.4 Å². The van der Waals surface area contributed by atoms with Crippen LogP contribution in [0.5, 0.6) is 0 Å². The third kappa shape index (κ3) is 2.45. The Morgan fingerprint density at radius 3 is 3.00 bits per heavy atom. The van der Waals surface area contributed by atoms with Crippen molar-refractivity contribution < 1.29 is 4.79 Å². The lowest BCUT2D eigenvalue weighted by Gasteiger charge is -2.14. The van der Waals surface area contributed by atoms with Gasteiger partial charge in [0.25, 0.3) is 0 Å². The number of benzene rings is 1. The molecule has 1 amide bonds. The van der Waals surface area contributed by atoms with Gasteiger partial charge in [-0.3, -0.25) is 4.79 Å². The molecular weight excluding hydrogens is 272 g/mol. The minimum absolute atomic E-state index is 0.0776. The van der Waals surface area contributed by atoms with E-state index in [0.717, 1.165) is 11.9 Å². The molecule has 0 saturated carbocycles. The first-order valence-corrected chi connectivity index (χ1v) is 6.92. The van der Waals surface area contributed by atoms with Crippen LogP contribution in [-0.4, -0.2) is 22.0 Å². The number of nitrogens with zero attached hydrogens (tertiary/aromatic N) is 2. The molecule has 0 spiro atoms. The van der Waals surface area contributed by atoms with E-state index in [4.69, 9.17) is 17.5 Å². The summed E-state index contributed by atoms with van der Waals surface area (Å²) in [5.74, 6) is -0.0776. The molecule has 0 aliphatic rings. The van der Waals surface area contributed by atoms with Gasteiger partial charge in [0.1, 0.15) is 12.1 Å². The van der Waals surface area contributed by atoms with E-state index in [1.165, 1.54) is 0 Å². The number of para-hydroxylation sites is 1. The highest BCUT2D eigenvalue weighted by Gasteiger charge is 2.18. The maximum Gasteiger partial charge on any atom is 0.242 e. The largest absolute Gasteiger partial charge is 0.354 e. The highest BCUT2D eigenvalue weighted by atomic mass is 32.1. The Balaban J connectivity index is 2.50. The van der Waals surface area contributed by atoms with E-state index in [9.17, 15) is 4.79 Å². The second kappa shape index (κ2) is 5.88. The van der Waals surface area contributed by atoms with E-state index in [1.807, 2.05) is 13.0 Å². The summed E-state index contributed by atoms with van der Waals surface area (Å²) in [6.07, 6.45) is 0.885. The van der Waals surface area contributed by atoms with E-state index in [-0.39, 0.29) is 5.91 Å². The fourth-order valence-corrected chi connectivity index (χ4v) is 2.50. The van der Waals surface area contributed by atoms with Crippen LogP contribution in [0.3, 0.4) is 0 Å². The molecule has 0 aliphatic carbocycles. The van der Waals surface area contributed by atoms with Crippen LogP contribution in [0.1, 0.15) is 31.9 Å². The minimum Gasteiger partial charge on any atom is -0.354 e. The standard InChI is InChI=1S/C14H16N4OS/c1-3-7-16-13(19)9(2)18-11-6-4-5-10(8-15)12(11)17-14(18)20/h4-6,9H,3,7H2,1-2H3,(H,16,19)(H,17,20). The molecule has 2 rings (SSSR count). The van der Waals surface area contributed by atoms with Crippen LogP contribution < -0.4 is 5.32 Å². The molecule has 2 N–H and O–H groups in total. The van der Waals surface area contributed by atoms with Gasteiger partial charge in [-0.05, 0) is 37.7 Å². The Morgan fingerprint density at radius 2 is 2.35 bits per heavy atom. The summed E-state index contributed by atoms with van der Waals surface area (Å²) in [6.45, 7) is 4.44. The lowest BCUT2D eigenvalue weighted by molar-refractivity contribution is -0.123. The van der Waals surface area contributed by atoms with E-state index in [1.54, 1.807) is 23.6 Å². The number of fused-ring (bicyclic) bond motifs is 1. The number of H-pyrrole nitrogens is 1. The van der Waals surface area contributed by atoms with Crippen molar-refractivity contribution >= 4 is 29.2 Å². The van der Waals surface area contributed by atoms with Crippen LogP contribution in [0.25, 0.3) is 11.0 Å². The summed E-state index contributed by atoms with van der Waals surface area (Å²) in [6, 6.07) is 7.07. The lowest BCUT2D eigenvalue weighted by Crippen LogP contribution is -2.31. The second-order valence-corrected chi connectivity index (χ2v) is 4.97. The van der Waals surface area contributed by atoms with Gasteiger partial charge in [-0.15, -0.1) is 0 Å². The second-order valence-electron chi connectivity index (χ2n) is 4.58. The van der Waals surface area contributed by atoms with Crippen molar-refractivity contribution in [1.82, 2.24) is 14.9 Å². The van der Waals surface area contributed by atoms with Crippen LogP contribution in [0.2, 0.25) is 0 Å². The molecule has 1 unspecified atom stereocenters. The van der Waals surface area contributed by atoms with Crippen molar-refractivity contribution in [3.05, 3.63) is 28.5 Å². The number of amides is 1. The summed E-state index contributed by atoms with van der Waals surface area (Å²) >= 11 is 5.29. The summed E-state index contributed by atoms with van der Waals surface area (Å²) in [4.78, 5) is 15.1. The predicted octanol–water partition coefficient (Wildman–Crippen LogP) is 2.66. The molecular formula is C14H16N4OS. The van der Waals surface area contributed by atoms with Crippen molar-refractivity contribution in [2.45, 2.75) is 26.3 Å². The Bertz CT molecular complexity index is 738. The molecule has 1 heterocycles. The number of nitrogens with one attached hydrogen (secondary N) is 2. The number of hydrogen-bond donors (Lipinski definition) is 2. The molecule has 0 aliphatic heterocycles. The van der Waals surface area contributed by atoms with Crippen LogP contribution >= 0.6 is 12.2 Å². The smallest absolute Gasteiger partial charge is 0.242 e. The molecule has 104 valence electrons. The predicted molar refractivity (Wildman–Crippen MR) is 79.8 cm³/mol. The zero-order valence-corrected chi connectivity index (χ0v) is 12.3. The molecule has 2 aromatic rings. The topological polar surface area (TPSA) is 73.6 Å². The molecule has 1 atom stereocenters. The molecule has 6 heteroatoms. The monoisotopic (exact) mass is 288 g/mol. The number of hydrogen-bond acceptors (Lipinski definition) is 3. The van der Waals surface area contributed by atoms with Gasteiger partial charge in [-0.25, -0.2) is 0 Å². The highest BCUT2D eigenvalue weighted by molar-refractivity contribution is 7.71. The van der Waals surface area contributed by atoms with Crippen molar-refractivity contribution in [2.24, 2.45) is 0 Å². The quantitative estimate of drug-likeness (QED) is 0.849.